The molecule has 1 aliphatic heterocycles. The second-order valence-electron chi connectivity index (χ2n) is 6.29. The molecule has 0 bridgehead atoms. The topological polar surface area (TPSA) is 44.2 Å². The molecule has 0 amide bonds. The molecule has 0 aliphatic carbocycles. The highest BCUT2D eigenvalue weighted by molar-refractivity contribution is 6.52. The minimum absolute atomic E-state index is 0.314. The number of hydrogen-bond donors (Lipinski definition) is 0. The van der Waals surface area contributed by atoms with Crippen LogP contribution in [0, 0.1) is 0 Å². The minimum Gasteiger partial charge on any atom is -0.400 e. The van der Waals surface area contributed by atoms with Gasteiger partial charge in [-0.15, -0.1) is 0 Å². The van der Waals surface area contributed by atoms with Gasteiger partial charge in [-0.05, 0) is 51.5 Å². The summed E-state index contributed by atoms with van der Waals surface area (Å²) in [5, 5.41) is 0. The summed E-state index contributed by atoms with van der Waals surface area (Å²) >= 11 is 0. The van der Waals surface area contributed by atoms with E-state index < -0.39 is 0 Å². The molecule has 5 heteroatoms. The molecule has 3 heterocycles. The molecule has 2 aromatic heterocycles. The summed E-state index contributed by atoms with van der Waals surface area (Å²) < 4.78 is 11.9. The van der Waals surface area contributed by atoms with Crippen molar-refractivity contribution in [2.45, 2.75) is 38.9 Å². The van der Waals surface area contributed by atoms with E-state index in [0.717, 1.165) is 16.6 Å². The maximum absolute atomic E-state index is 5.93. The van der Waals surface area contributed by atoms with E-state index in [1.165, 1.54) is 0 Å². The number of fused-ring (bicyclic) bond motifs is 1. The summed E-state index contributed by atoms with van der Waals surface area (Å²) in [4.78, 5) is 8.70. The van der Waals surface area contributed by atoms with Crippen molar-refractivity contribution in [2.24, 2.45) is 0 Å². The molecule has 0 atom stereocenters. The van der Waals surface area contributed by atoms with Gasteiger partial charge in [-0.2, -0.15) is 0 Å². The fraction of sp³-hybridized carbons (Fsp3) is 0.375. The molecule has 108 valence electrons. The first-order valence-corrected chi connectivity index (χ1v) is 7.12. The normalized spacial score (nSPS) is 20.5. The number of pyridine rings is 2. The Bertz CT molecular complexity index is 681. The number of nitrogens with zero attached hydrogens (tertiary/aromatic N) is 2. The molecular formula is C16H19BN2O2. The molecule has 4 nitrogen and oxygen atoms in total. The van der Waals surface area contributed by atoms with Crippen molar-refractivity contribution < 1.29 is 9.31 Å². The first-order valence-electron chi connectivity index (χ1n) is 7.12. The lowest BCUT2D eigenvalue weighted by atomic mass is 9.89. The van der Waals surface area contributed by atoms with E-state index in [-0.39, 0.29) is 18.3 Å². The quantitative estimate of drug-likeness (QED) is 0.793. The van der Waals surface area contributed by atoms with Gasteiger partial charge < -0.3 is 9.31 Å². The van der Waals surface area contributed by atoms with E-state index in [9.17, 15) is 0 Å². The average Bonchev–Trinajstić information content (AvgIpc) is 2.64. The van der Waals surface area contributed by atoms with Gasteiger partial charge in [-0.3, -0.25) is 9.97 Å². The standard InChI is InChI=1S/C16H19BN2O2/c1-15(2)16(3,4)21-17(20-15)8-7-12-10-14-13(19-11-12)6-5-9-18-14/h5-11H,1-4H3/b8-7+. The monoisotopic (exact) mass is 282 g/mol. The second kappa shape index (κ2) is 4.93. The lowest BCUT2D eigenvalue weighted by Crippen LogP contribution is -2.41. The summed E-state index contributed by atoms with van der Waals surface area (Å²) in [5.74, 6) is 1.92. The van der Waals surface area contributed by atoms with Crippen LogP contribution in [0.5, 0.6) is 0 Å². The van der Waals surface area contributed by atoms with Crippen molar-refractivity contribution in [2.75, 3.05) is 0 Å². The third-order valence-electron chi connectivity index (χ3n) is 4.19. The Morgan fingerprint density at radius 1 is 1.05 bits per heavy atom. The maximum Gasteiger partial charge on any atom is 0.487 e. The van der Waals surface area contributed by atoms with Crippen LogP contribution >= 0.6 is 0 Å². The highest BCUT2D eigenvalue weighted by Gasteiger charge is 2.49. The average molecular weight is 282 g/mol. The van der Waals surface area contributed by atoms with Crippen molar-refractivity contribution in [3.8, 4) is 0 Å². The smallest absolute Gasteiger partial charge is 0.400 e. The Kier molecular flexibility index (Phi) is 3.34. The van der Waals surface area contributed by atoms with Gasteiger partial charge in [-0.1, -0.05) is 12.1 Å². The number of rotatable bonds is 2. The molecule has 0 spiro atoms. The van der Waals surface area contributed by atoms with Gasteiger partial charge in [-0.25, -0.2) is 0 Å². The van der Waals surface area contributed by atoms with E-state index in [0.29, 0.717) is 0 Å². The van der Waals surface area contributed by atoms with Gasteiger partial charge in [0.05, 0.1) is 22.2 Å². The van der Waals surface area contributed by atoms with E-state index in [2.05, 4.69) is 9.97 Å². The van der Waals surface area contributed by atoms with E-state index in [1.54, 1.807) is 6.20 Å². The van der Waals surface area contributed by atoms with Gasteiger partial charge in [0.2, 0.25) is 0 Å². The van der Waals surface area contributed by atoms with Crippen LogP contribution in [-0.4, -0.2) is 28.3 Å². The van der Waals surface area contributed by atoms with Crippen LogP contribution < -0.4 is 0 Å². The third-order valence-corrected chi connectivity index (χ3v) is 4.19. The number of aromatic nitrogens is 2. The first-order chi connectivity index (χ1) is 9.87. The summed E-state index contributed by atoms with van der Waals surface area (Å²) in [5.41, 5.74) is 2.13. The van der Waals surface area contributed by atoms with Crippen LogP contribution in [0.25, 0.3) is 17.1 Å². The molecule has 0 N–H and O–H groups in total. The molecule has 2 aromatic rings. The fourth-order valence-corrected chi connectivity index (χ4v) is 2.22. The Labute approximate surface area is 125 Å². The van der Waals surface area contributed by atoms with Crippen LogP contribution in [0.2, 0.25) is 0 Å². The molecule has 3 rings (SSSR count). The third kappa shape index (κ3) is 2.71. The molecule has 1 saturated heterocycles. The van der Waals surface area contributed by atoms with Crippen molar-refractivity contribution in [1.29, 1.82) is 0 Å². The van der Waals surface area contributed by atoms with Crippen LogP contribution in [-0.2, 0) is 9.31 Å². The summed E-state index contributed by atoms with van der Waals surface area (Å²) in [6, 6.07) is 5.84. The van der Waals surface area contributed by atoms with Crippen LogP contribution in [0.3, 0.4) is 0 Å². The Balaban J connectivity index is 1.79. The lowest BCUT2D eigenvalue weighted by Gasteiger charge is -2.32. The first kappa shape index (κ1) is 14.2. The largest absolute Gasteiger partial charge is 0.487 e. The van der Waals surface area contributed by atoms with Crippen LogP contribution in [0.1, 0.15) is 33.3 Å². The van der Waals surface area contributed by atoms with Gasteiger partial charge >= 0.3 is 7.12 Å². The van der Waals surface area contributed by atoms with E-state index in [1.807, 2.05) is 64.1 Å². The highest BCUT2D eigenvalue weighted by Crippen LogP contribution is 2.37. The van der Waals surface area contributed by atoms with Gasteiger partial charge in [0.1, 0.15) is 0 Å². The number of hydrogen-bond acceptors (Lipinski definition) is 4. The molecule has 1 aliphatic rings. The second-order valence-corrected chi connectivity index (χ2v) is 6.29. The molecule has 1 fully saturated rings. The van der Waals surface area contributed by atoms with Crippen LogP contribution in [0.4, 0.5) is 0 Å². The Hall–Kier alpha value is -1.72. The van der Waals surface area contributed by atoms with Gasteiger partial charge in [0, 0.05) is 12.4 Å². The molecule has 0 unspecified atom stereocenters. The zero-order valence-corrected chi connectivity index (χ0v) is 12.8. The summed E-state index contributed by atoms with van der Waals surface area (Å²) in [6.45, 7) is 8.18. The molecule has 0 radical (unpaired) electrons. The molecule has 0 aromatic carbocycles. The van der Waals surface area contributed by atoms with Gasteiger partial charge in [0.15, 0.2) is 0 Å². The fourth-order valence-electron chi connectivity index (χ4n) is 2.22. The molecule has 21 heavy (non-hydrogen) atoms. The van der Waals surface area contributed by atoms with E-state index in [4.69, 9.17) is 9.31 Å². The lowest BCUT2D eigenvalue weighted by molar-refractivity contribution is 0.00578. The van der Waals surface area contributed by atoms with Crippen molar-refractivity contribution >= 4 is 24.2 Å². The predicted octanol–water partition coefficient (Wildman–Crippen LogP) is 3.27. The van der Waals surface area contributed by atoms with E-state index >= 15 is 0 Å². The summed E-state index contributed by atoms with van der Waals surface area (Å²) in [6.07, 6.45) is 5.56. The summed E-state index contributed by atoms with van der Waals surface area (Å²) in [7, 11) is -0.338. The maximum atomic E-state index is 5.93. The predicted molar refractivity (Wildman–Crippen MR) is 84.7 cm³/mol. The molecule has 0 saturated carbocycles. The highest BCUT2D eigenvalue weighted by atomic mass is 16.7. The van der Waals surface area contributed by atoms with Crippen molar-refractivity contribution in [3.63, 3.8) is 0 Å². The minimum atomic E-state index is -0.338. The van der Waals surface area contributed by atoms with Gasteiger partial charge in [0.25, 0.3) is 0 Å². The SMILES string of the molecule is CC1(C)OB(/C=C/c2cnc3cccnc3c2)OC1(C)C. The zero-order valence-electron chi connectivity index (χ0n) is 12.8. The van der Waals surface area contributed by atoms with Crippen molar-refractivity contribution in [3.05, 3.63) is 42.1 Å². The Morgan fingerprint density at radius 2 is 1.76 bits per heavy atom. The van der Waals surface area contributed by atoms with Crippen LogP contribution in [0.15, 0.2) is 36.6 Å². The Morgan fingerprint density at radius 3 is 2.48 bits per heavy atom. The zero-order chi connectivity index (χ0) is 15.1. The van der Waals surface area contributed by atoms with Crippen molar-refractivity contribution in [1.82, 2.24) is 9.97 Å². The molecular weight excluding hydrogens is 263 g/mol.